The van der Waals surface area contributed by atoms with Gasteiger partial charge in [0.1, 0.15) is 0 Å². The number of benzene rings is 3. The van der Waals surface area contributed by atoms with Gasteiger partial charge < -0.3 is 0 Å². The Morgan fingerprint density at radius 3 is 1.81 bits per heavy atom. The van der Waals surface area contributed by atoms with Gasteiger partial charge in [0, 0.05) is 16.5 Å². The van der Waals surface area contributed by atoms with E-state index in [4.69, 9.17) is 4.98 Å². The maximum Gasteiger partial charge on any atom is 0.0793 e. The Morgan fingerprint density at radius 1 is 0.656 bits per heavy atom. The van der Waals surface area contributed by atoms with E-state index in [-0.39, 0.29) is 0 Å². The molecule has 0 aliphatic carbocycles. The van der Waals surface area contributed by atoms with E-state index in [1.54, 1.807) is 0 Å². The average molecular weight is 422 g/mol. The molecule has 1 heterocycles. The molecule has 0 atom stereocenters. The van der Waals surface area contributed by atoms with Crippen molar-refractivity contribution >= 4 is 10.8 Å². The first-order valence-corrected chi connectivity index (χ1v) is 11.9. The predicted octanol–water partition coefficient (Wildman–Crippen LogP) is 9.25. The highest BCUT2D eigenvalue weighted by Gasteiger charge is 2.21. The Bertz CT molecular complexity index is 1210. The highest BCUT2D eigenvalue weighted by atomic mass is 14.7. The average Bonchev–Trinajstić information content (AvgIpc) is 2.77. The molecule has 0 saturated heterocycles. The Labute approximate surface area is 193 Å². The summed E-state index contributed by atoms with van der Waals surface area (Å²) in [4.78, 5) is 5.33. The lowest BCUT2D eigenvalue weighted by molar-refractivity contribution is 0.807. The van der Waals surface area contributed by atoms with Crippen molar-refractivity contribution in [2.75, 3.05) is 0 Å². The van der Waals surface area contributed by atoms with Crippen molar-refractivity contribution in [1.29, 1.82) is 0 Å². The second-order valence-corrected chi connectivity index (χ2v) is 9.98. The number of aromatic nitrogens is 1. The molecule has 4 rings (SSSR count). The highest BCUT2D eigenvalue weighted by molar-refractivity contribution is 5.98. The van der Waals surface area contributed by atoms with Gasteiger partial charge in [-0.3, -0.25) is 0 Å². The van der Waals surface area contributed by atoms with E-state index >= 15 is 0 Å². The summed E-state index contributed by atoms with van der Waals surface area (Å²) in [6.45, 7) is 15.9. The van der Waals surface area contributed by atoms with Gasteiger partial charge in [-0.25, -0.2) is 4.98 Å². The van der Waals surface area contributed by atoms with Gasteiger partial charge >= 0.3 is 0 Å². The SMILES string of the molecule is Cc1ccc(-c2cc3ccccc3c(-c3c(C(C)C)cc(C(C)C)cc3C(C)C)n2)cc1. The van der Waals surface area contributed by atoms with E-state index in [1.807, 2.05) is 0 Å². The molecule has 3 aromatic carbocycles. The van der Waals surface area contributed by atoms with E-state index in [1.165, 1.54) is 44.2 Å². The first-order valence-electron chi connectivity index (χ1n) is 11.9. The van der Waals surface area contributed by atoms with Crippen molar-refractivity contribution in [2.24, 2.45) is 0 Å². The van der Waals surface area contributed by atoms with Crippen LogP contribution in [0.2, 0.25) is 0 Å². The number of pyridine rings is 1. The van der Waals surface area contributed by atoms with Crippen molar-refractivity contribution in [3.05, 3.63) is 89.0 Å². The second kappa shape index (κ2) is 8.90. The van der Waals surface area contributed by atoms with Gasteiger partial charge in [-0.15, -0.1) is 0 Å². The molecular weight excluding hydrogens is 386 g/mol. The zero-order chi connectivity index (χ0) is 23.0. The van der Waals surface area contributed by atoms with Crippen LogP contribution in [-0.2, 0) is 0 Å². The third-order valence-corrected chi connectivity index (χ3v) is 6.46. The second-order valence-electron chi connectivity index (χ2n) is 9.98. The molecule has 0 aliphatic heterocycles. The standard InChI is InChI=1S/C31H35N/c1-19(2)25-16-27(20(3)4)30(28(17-25)21(5)6)31-26-11-9-8-10-24(26)18-29(32-31)23-14-12-22(7)13-15-23/h8-21H,1-7H3. The Hall–Kier alpha value is -2.93. The molecular formula is C31H35N. The number of fused-ring (bicyclic) bond motifs is 1. The molecule has 1 aromatic heterocycles. The van der Waals surface area contributed by atoms with Crippen LogP contribution in [0, 0.1) is 6.92 Å². The topological polar surface area (TPSA) is 12.9 Å². The molecule has 0 saturated carbocycles. The van der Waals surface area contributed by atoms with E-state index in [2.05, 4.69) is 115 Å². The van der Waals surface area contributed by atoms with Crippen molar-refractivity contribution in [2.45, 2.75) is 66.2 Å². The van der Waals surface area contributed by atoms with Gasteiger partial charge in [0.15, 0.2) is 0 Å². The largest absolute Gasteiger partial charge is 0.247 e. The fraction of sp³-hybridized carbons (Fsp3) is 0.323. The quantitative estimate of drug-likeness (QED) is 0.313. The molecule has 1 heteroatoms. The van der Waals surface area contributed by atoms with Gasteiger partial charge in [-0.05, 0) is 52.8 Å². The first kappa shape index (κ1) is 22.3. The zero-order valence-corrected chi connectivity index (χ0v) is 20.5. The number of hydrogen-bond donors (Lipinski definition) is 0. The maximum atomic E-state index is 5.33. The predicted molar refractivity (Wildman–Crippen MR) is 140 cm³/mol. The fourth-order valence-corrected chi connectivity index (χ4v) is 4.49. The smallest absolute Gasteiger partial charge is 0.0793 e. The van der Waals surface area contributed by atoms with Crippen molar-refractivity contribution in [3.63, 3.8) is 0 Å². The lowest BCUT2D eigenvalue weighted by Gasteiger charge is -2.24. The van der Waals surface area contributed by atoms with E-state index in [9.17, 15) is 0 Å². The van der Waals surface area contributed by atoms with Crippen molar-refractivity contribution < 1.29 is 0 Å². The Kier molecular flexibility index (Phi) is 6.20. The molecule has 4 aromatic rings. The van der Waals surface area contributed by atoms with Crippen LogP contribution in [0.3, 0.4) is 0 Å². The zero-order valence-electron chi connectivity index (χ0n) is 20.5. The van der Waals surface area contributed by atoms with E-state index < -0.39 is 0 Å². The molecule has 1 nitrogen and oxygen atoms in total. The van der Waals surface area contributed by atoms with Gasteiger partial charge in [0.25, 0.3) is 0 Å². The maximum absolute atomic E-state index is 5.33. The van der Waals surface area contributed by atoms with Crippen LogP contribution >= 0.6 is 0 Å². The van der Waals surface area contributed by atoms with Crippen LogP contribution in [0.25, 0.3) is 33.3 Å². The van der Waals surface area contributed by atoms with E-state index in [0.717, 1.165) is 11.4 Å². The summed E-state index contributed by atoms with van der Waals surface area (Å²) in [5, 5.41) is 2.47. The molecule has 0 amide bonds. The highest BCUT2D eigenvalue weighted by Crippen LogP contribution is 2.41. The van der Waals surface area contributed by atoms with Crippen molar-refractivity contribution in [1.82, 2.24) is 4.98 Å². The van der Waals surface area contributed by atoms with Gasteiger partial charge in [0.2, 0.25) is 0 Å². The molecule has 0 aliphatic rings. The summed E-state index contributed by atoms with van der Waals surface area (Å²) in [5.41, 5.74) is 10.1. The van der Waals surface area contributed by atoms with Crippen LogP contribution in [0.4, 0.5) is 0 Å². The minimum Gasteiger partial charge on any atom is -0.247 e. The van der Waals surface area contributed by atoms with Crippen LogP contribution in [0.5, 0.6) is 0 Å². The Morgan fingerprint density at radius 2 is 1.25 bits per heavy atom. The molecule has 0 unspecified atom stereocenters. The molecule has 0 bridgehead atoms. The minimum atomic E-state index is 0.421. The normalized spacial score (nSPS) is 11.8. The monoisotopic (exact) mass is 421 g/mol. The Balaban J connectivity index is 2.10. The van der Waals surface area contributed by atoms with E-state index in [0.29, 0.717) is 17.8 Å². The number of nitrogens with zero attached hydrogens (tertiary/aromatic N) is 1. The molecule has 0 fully saturated rings. The van der Waals surface area contributed by atoms with Gasteiger partial charge in [-0.1, -0.05) is 108 Å². The molecule has 0 spiro atoms. The number of hydrogen-bond acceptors (Lipinski definition) is 1. The summed E-state index contributed by atoms with van der Waals surface area (Å²) < 4.78 is 0. The van der Waals surface area contributed by atoms with Gasteiger partial charge in [0.05, 0.1) is 11.4 Å². The third-order valence-electron chi connectivity index (χ3n) is 6.46. The summed E-state index contributed by atoms with van der Waals surface area (Å²) >= 11 is 0. The summed E-state index contributed by atoms with van der Waals surface area (Å²) in [6, 6.07) is 24.5. The number of rotatable bonds is 5. The molecule has 0 N–H and O–H groups in total. The first-order chi connectivity index (χ1) is 15.3. The fourth-order valence-electron chi connectivity index (χ4n) is 4.49. The van der Waals surface area contributed by atoms with Gasteiger partial charge in [-0.2, -0.15) is 0 Å². The lowest BCUT2D eigenvalue weighted by atomic mass is 9.82. The summed E-state index contributed by atoms with van der Waals surface area (Å²) in [5.74, 6) is 1.34. The van der Waals surface area contributed by atoms with Crippen LogP contribution < -0.4 is 0 Å². The molecule has 164 valence electrons. The van der Waals surface area contributed by atoms with Crippen molar-refractivity contribution in [3.8, 4) is 22.5 Å². The summed E-state index contributed by atoms with van der Waals surface area (Å²) in [6.07, 6.45) is 0. The van der Waals surface area contributed by atoms with Crippen LogP contribution in [-0.4, -0.2) is 4.98 Å². The van der Waals surface area contributed by atoms with Crippen LogP contribution in [0.1, 0.15) is 81.5 Å². The molecule has 32 heavy (non-hydrogen) atoms. The third kappa shape index (κ3) is 4.21. The minimum absolute atomic E-state index is 0.421. The number of aryl methyl sites for hydroxylation is 1. The summed E-state index contributed by atoms with van der Waals surface area (Å²) in [7, 11) is 0. The lowest BCUT2D eigenvalue weighted by Crippen LogP contribution is -2.05. The van der Waals surface area contributed by atoms with Crippen LogP contribution in [0.15, 0.2) is 66.7 Å². The molecule has 0 radical (unpaired) electrons.